The molecule has 0 spiro atoms. The van der Waals surface area contributed by atoms with E-state index in [0.29, 0.717) is 13.2 Å². The summed E-state index contributed by atoms with van der Waals surface area (Å²) in [6, 6.07) is 0. The van der Waals surface area contributed by atoms with Gasteiger partial charge in [0.2, 0.25) is 0 Å². The van der Waals surface area contributed by atoms with Gasteiger partial charge in [0, 0.05) is 0 Å². The minimum atomic E-state index is -0.384. The Hall–Kier alpha value is -0.160. The summed E-state index contributed by atoms with van der Waals surface area (Å²) < 4.78 is 20.4. The van der Waals surface area contributed by atoms with Gasteiger partial charge in [-0.2, -0.15) is 0 Å². The standard InChI is InChI=1S/C7H12O4/c1-6(3-8-6)10-5-11-7(2)4-9-7/h3-5H2,1-2H3. The van der Waals surface area contributed by atoms with E-state index >= 15 is 0 Å². The van der Waals surface area contributed by atoms with Gasteiger partial charge in [-0.05, 0) is 13.8 Å². The molecule has 0 aromatic carbocycles. The predicted octanol–water partition coefficient (Wildman–Crippen LogP) is 0.470. The number of hydrogen-bond donors (Lipinski definition) is 0. The molecule has 2 aliphatic rings. The lowest BCUT2D eigenvalue weighted by atomic mass is 10.5. The van der Waals surface area contributed by atoms with E-state index in [9.17, 15) is 0 Å². The summed E-state index contributed by atoms with van der Waals surface area (Å²) in [6.07, 6.45) is 0. The van der Waals surface area contributed by atoms with Gasteiger partial charge in [-0.3, -0.25) is 0 Å². The van der Waals surface area contributed by atoms with Gasteiger partial charge in [-0.1, -0.05) is 0 Å². The Labute approximate surface area is 65.4 Å². The first-order valence-corrected chi connectivity index (χ1v) is 3.68. The lowest BCUT2D eigenvalue weighted by molar-refractivity contribution is -0.176. The van der Waals surface area contributed by atoms with Crippen molar-refractivity contribution >= 4 is 0 Å². The highest BCUT2D eigenvalue weighted by Gasteiger charge is 2.44. The summed E-state index contributed by atoms with van der Waals surface area (Å²) in [5.41, 5.74) is 0. The van der Waals surface area contributed by atoms with Crippen LogP contribution in [0.15, 0.2) is 0 Å². The second-order valence-electron chi connectivity index (χ2n) is 3.25. The second kappa shape index (κ2) is 2.17. The van der Waals surface area contributed by atoms with Gasteiger partial charge in [0.05, 0.1) is 0 Å². The first-order chi connectivity index (χ1) is 5.12. The fourth-order valence-electron chi connectivity index (χ4n) is 0.649. The number of rotatable bonds is 4. The molecule has 64 valence electrons. The van der Waals surface area contributed by atoms with Crippen molar-refractivity contribution in [3.8, 4) is 0 Å². The van der Waals surface area contributed by atoms with Gasteiger partial charge < -0.3 is 18.9 Å². The van der Waals surface area contributed by atoms with Crippen molar-refractivity contribution in [1.29, 1.82) is 0 Å². The zero-order valence-corrected chi connectivity index (χ0v) is 6.75. The van der Waals surface area contributed by atoms with Gasteiger partial charge in [0.25, 0.3) is 0 Å². The lowest BCUT2D eigenvalue weighted by Gasteiger charge is -2.10. The Morgan fingerprint density at radius 1 is 1.09 bits per heavy atom. The summed E-state index contributed by atoms with van der Waals surface area (Å²) in [5, 5.41) is 0. The normalized spacial score (nSPS) is 47.5. The molecule has 0 amide bonds. The molecular weight excluding hydrogens is 148 g/mol. The molecule has 2 heterocycles. The smallest absolute Gasteiger partial charge is 0.191 e. The maximum atomic E-state index is 5.23. The molecule has 2 rings (SSSR count). The Kier molecular flexibility index (Phi) is 1.47. The van der Waals surface area contributed by atoms with Crippen LogP contribution in [0.4, 0.5) is 0 Å². The summed E-state index contributed by atoms with van der Waals surface area (Å²) in [4.78, 5) is 0. The average molecular weight is 160 g/mol. The minimum absolute atomic E-state index is 0.243. The van der Waals surface area contributed by atoms with Crippen molar-refractivity contribution < 1.29 is 18.9 Å². The lowest BCUT2D eigenvalue weighted by Crippen LogP contribution is -2.19. The molecule has 0 bridgehead atoms. The summed E-state index contributed by atoms with van der Waals surface area (Å²) >= 11 is 0. The van der Waals surface area contributed by atoms with Crippen molar-refractivity contribution in [1.82, 2.24) is 0 Å². The van der Waals surface area contributed by atoms with Crippen LogP contribution in [0, 0.1) is 0 Å². The van der Waals surface area contributed by atoms with Crippen LogP contribution >= 0.6 is 0 Å². The Morgan fingerprint density at radius 3 is 1.73 bits per heavy atom. The zero-order valence-electron chi connectivity index (χ0n) is 6.75. The monoisotopic (exact) mass is 160 g/mol. The zero-order chi connectivity index (χ0) is 7.95. The van der Waals surface area contributed by atoms with Crippen LogP contribution in [0.25, 0.3) is 0 Å². The molecule has 2 fully saturated rings. The van der Waals surface area contributed by atoms with E-state index in [-0.39, 0.29) is 18.4 Å². The fourth-order valence-corrected chi connectivity index (χ4v) is 0.649. The predicted molar refractivity (Wildman–Crippen MR) is 35.8 cm³/mol. The average Bonchev–Trinajstić information content (AvgIpc) is 2.78. The topological polar surface area (TPSA) is 43.5 Å². The molecule has 0 aromatic rings. The van der Waals surface area contributed by atoms with Gasteiger partial charge in [-0.25, -0.2) is 0 Å². The molecule has 4 heteroatoms. The third kappa shape index (κ3) is 1.90. The number of ether oxygens (including phenoxy) is 4. The Morgan fingerprint density at radius 2 is 1.45 bits per heavy atom. The van der Waals surface area contributed by atoms with Crippen molar-refractivity contribution in [2.24, 2.45) is 0 Å². The number of hydrogen-bond acceptors (Lipinski definition) is 4. The van der Waals surface area contributed by atoms with Crippen molar-refractivity contribution in [2.45, 2.75) is 25.4 Å². The van der Waals surface area contributed by atoms with Crippen molar-refractivity contribution in [3.05, 3.63) is 0 Å². The highest BCUT2D eigenvalue weighted by molar-refractivity contribution is 4.76. The molecule has 4 nitrogen and oxygen atoms in total. The van der Waals surface area contributed by atoms with Crippen LogP contribution in [-0.4, -0.2) is 31.6 Å². The molecule has 0 aliphatic carbocycles. The molecular formula is C7H12O4. The summed E-state index contributed by atoms with van der Waals surface area (Å²) in [7, 11) is 0. The van der Waals surface area contributed by atoms with Gasteiger partial charge >= 0.3 is 0 Å². The molecule has 0 radical (unpaired) electrons. The van der Waals surface area contributed by atoms with Gasteiger partial charge in [-0.15, -0.1) is 0 Å². The fraction of sp³-hybridized carbons (Fsp3) is 1.00. The molecule has 0 saturated carbocycles. The van der Waals surface area contributed by atoms with E-state index in [2.05, 4.69) is 0 Å². The van der Waals surface area contributed by atoms with Crippen LogP contribution in [0.3, 0.4) is 0 Å². The van der Waals surface area contributed by atoms with E-state index in [1.165, 1.54) is 0 Å². The molecule has 2 saturated heterocycles. The summed E-state index contributed by atoms with van der Waals surface area (Å²) in [6.45, 7) is 5.33. The first kappa shape index (κ1) is 7.49. The van der Waals surface area contributed by atoms with Crippen LogP contribution in [0.2, 0.25) is 0 Å². The van der Waals surface area contributed by atoms with Crippen LogP contribution in [0.1, 0.15) is 13.8 Å². The third-order valence-corrected chi connectivity index (χ3v) is 1.83. The molecule has 2 unspecified atom stereocenters. The minimum Gasteiger partial charge on any atom is -0.342 e. The van der Waals surface area contributed by atoms with Crippen LogP contribution in [0.5, 0.6) is 0 Å². The van der Waals surface area contributed by atoms with Crippen LogP contribution in [-0.2, 0) is 18.9 Å². The number of epoxide rings is 2. The highest BCUT2D eigenvalue weighted by atomic mass is 16.9. The molecule has 0 N–H and O–H groups in total. The van der Waals surface area contributed by atoms with E-state index in [0.717, 1.165) is 0 Å². The van der Waals surface area contributed by atoms with Crippen LogP contribution < -0.4 is 0 Å². The summed E-state index contributed by atoms with van der Waals surface area (Å²) in [5.74, 6) is -0.767. The van der Waals surface area contributed by atoms with E-state index in [1.807, 2.05) is 13.8 Å². The third-order valence-electron chi connectivity index (χ3n) is 1.83. The Balaban J connectivity index is 1.60. The SMILES string of the molecule is CC1(OCOC2(C)CO2)CO1. The molecule has 2 aliphatic heterocycles. The largest absolute Gasteiger partial charge is 0.342 e. The van der Waals surface area contributed by atoms with Crippen molar-refractivity contribution in [3.63, 3.8) is 0 Å². The van der Waals surface area contributed by atoms with Gasteiger partial charge in [0.15, 0.2) is 18.4 Å². The Bertz CT molecular complexity index is 142. The molecule has 11 heavy (non-hydrogen) atoms. The van der Waals surface area contributed by atoms with Crippen molar-refractivity contribution in [2.75, 3.05) is 20.0 Å². The maximum absolute atomic E-state index is 5.23. The highest BCUT2D eigenvalue weighted by Crippen LogP contribution is 2.30. The van der Waals surface area contributed by atoms with Gasteiger partial charge in [0.1, 0.15) is 13.2 Å². The second-order valence-corrected chi connectivity index (χ2v) is 3.25. The molecule has 2 atom stereocenters. The molecule has 0 aromatic heterocycles. The van der Waals surface area contributed by atoms with E-state index < -0.39 is 0 Å². The quantitative estimate of drug-likeness (QED) is 0.443. The van der Waals surface area contributed by atoms with E-state index in [1.54, 1.807) is 0 Å². The first-order valence-electron chi connectivity index (χ1n) is 3.68. The maximum Gasteiger partial charge on any atom is 0.191 e. The van der Waals surface area contributed by atoms with E-state index in [4.69, 9.17) is 18.9 Å².